The van der Waals surface area contributed by atoms with Crippen LogP contribution in [0.15, 0.2) is 0 Å². The molecule has 0 radical (unpaired) electrons. The second-order valence-corrected chi connectivity index (χ2v) is 4.75. The van der Waals surface area contributed by atoms with Crippen LogP contribution in [0.2, 0.25) is 0 Å². The Bertz CT molecular complexity index is 254. The Labute approximate surface area is 103 Å². The number of hydrogen-bond donors (Lipinski definition) is 2. The maximum Gasteiger partial charge on any atom is 0.328 e. The number of ether oxygens (including phenoxy) is 1. The fourth-order valence-electron chi connectivity index (χ4n) is 1.73. The van der Waals surface area contributed by atoms with Gasteiger partial charge in [-0.25, -0.2) is 4.79 Å². The fraction of sp³-hybridized carbons (Fsp3) is 0.833. The van der Waals surface area contributed by atoms with Gasteiger partial charge in [0.05, 0.1) is 7.11 Å². The summed E-state index contributed by atoms with van der Waals surface area (Å²) in [7, 11) is 1.30. The van der Waals surface area contributed by atoms with Crippen molar-refractivity contribution in [3.8, 4) is 0 Å². The third kappa shape index (κ3) is 6.94. The third-order valence-corrected chi connectivity index (χ3v) is 2.54. The average Bonchev–Trinajstić information content (AvgIpc) is 2.25. The Hall–Kier alpha value is -1.10. The minimum Gasteiger partial charge on any atom is -0.467 e. The van der Waals surface area contributed by atoms with Gasteiger partial charge < -0.3 is 15.8 Å². The molecule has 0 rings (SSSR count). The Morgan fingerprint density at radius 2 is 1.88 bits per heavy atom. The summed E-state index contributed by atoms with van der Waals surface area (Å²) in [5.74, 6) is 0.0831. The molecule has 0 saturated carbocycles. The summed E-state index contributed by atoms with van der Waals surface area (Å²) in [5.41, 5.74) is 5.61. The van der Waals surface area contributed by atoms with Crippen LogP contribution < -0.4 is 11.1 Å². The number of carbonyl (C=O) groups is 2. The van der Waals surface area contributed by atoms with Crippen molar-refractivity contribution in [2.24, 2.45) is 17.6 Å². The highest BCUT2D eigenvalue weighted by molar-refractivity contribution is 5.84. The summed E-state index contributed by atoms with van der Waals surface area (Å²) in [6.45, 7) is 6.27. The van der Waals surface area contributed by atoms with Gasteiger partial charge in [0.1, 0.15) is 6.04 Å². The summed E-state index contributed by atoms with van der Waals surface area (Å²) in [6, 6.07) is -0.607. The van der Waals surface area contributed by atoms with Crippen LogP contribution in [0.3, 0.4) is 0 Å². The Kier molecular flexibility index (Phi) is 7.54. The lowest BCUT2D eigenvalue weighted by atomic mass is 9.94. The van der Waals surface area contributed by atoms with Crippen LogP contribution in [0, 0.1) is 11.8 Å². The van der Waals surface area contributed by atoms with Gasteiger partial charge >= 0.3 is 5.97 Å². The van der Waals surface area contributed by atoms with Gasteiger partial charge in [0.25, 0.3) is 0 Å². The van der Waals surface area contributed by atoms with Crippen LogP contribution >= 0.6 is 0 Å². The molecule has 5 nitrogen and oxygen atoms in total. The van der Waals surface area contributed by atoms with Gasteiger partial charge in [0, 0.05) is 6.42 Å². The molecule has 0 aliphatic rings. The van der Waals surface area contributed by atoms with Crippen molar-refractivity contribution in [2.75, 3.05) is 13.7 Å². The lowest BCUT2D eigenvalue weighted by molar-refractivity contribution is -0.144. The summed E-state index contributed by atoms with van der Waals surface area (Å²) < 4.78 is 4.53. The van der Waals surface area contributed by atoms with Crippen molar-refractivity contribution in [2.45, 2.75) is 39.7 Å². The minimum atomic E-state index is -0.607. The first kappa shape index (κ1) is 15.9. The van der Waals surface area contributed by atoms with Gasteiger partial charge in [0.15, 0.2) is 0 Å². The van der Waals surface area contributed by atoms with Crippen molar-refractivity contribution < 1.29 is 14.3 Å². The van der Waals surface area contributed by atoms with Crippen LogP contribution in [0.1, 0.15) is 33.6 Å². The molecule has 3 N–H and O–H groups in total. The molecule has 1 amide bonds. The first-order valence-electron chi connectivity index (χ1n) is 5.97. The van der Waals surface area contributed by atoms with E-state index < -0.39 is 12.0 Å². The number of rotatable bonds is 7. The topological polar surface area (TPSA) is 81.4 Å². The zero-order valence-corrected chi connectivity index (χ0v) is 11.2. The zero-order chi connectivity index (χ0) is 13.4. The molecule has 0 bridgehead atoms. The highest BCUT2D eigenvalue weighted by Crippen LogP contribution is 2.14. The van der Waals surface area contributed by atoms with Gasteiger partial charge in [-0.3, -0.25) is 4.79 Å². The SMILES string of the molecule is COC(=O)[C@H](C)NC(=O)CC(CN)CC(C)C. The maximum atomic E-state index is 11.7. The van der Waals surface area contributed by atoms with E-state index in [1.165, 1.54) is 7.11 Å². The second-order valence-electron chi connectivity index (χ2n) is 4.75. The van der Waals surface area contributed by atoms with E-state index in [2.05, 4.69) is 23.9 Å². The number of hydrogen-bond acceptors (Lipinski definition) is 4. The minimum absolute atomic E-state index is 0.154. The third-order valence-electron chi connectivity index (χ3n) is 2.54. The van der Waals surface area contributed by atoms with Crippen molar-refractivity contribution in [1.82, 2.24) is 5.32 Å². The van der Waals surface area contributed by atoms with Gasteiger partial charge in [-0.15, -0.1) is 0 Å². The molecular weight excluding hydrogens is 220 g/mol. The smallest absolute Gasteiger partial charge is 0.328 e. The van der Waals surface area contributed by atoms with Gasteiger partial charge in [-0.2, -0.15) is 0 Å². The molecule has 1 unspecified atom stereocenters. The predicted molar refractivity (Wildman–Crippen MR) is 66.2 cm³/mol. The summed E-state index contributed by atoms with van der Waals surface area (Å²) >= 11 is 0. The quantitative estimate of drug-likeness (QED) is 0.645. The van der Waals surface area contributed by atoms with E-state index in [-0.39, 0.29) is 11.8 Å². The van der Waals surface area contributed by atoms with E-state index in [1.807, 2.05) is 0 Å². The largest absolute Gasteiger partial charge is 0.467 e. The van der Waals surface area contributed by atoms with Gasteiger partial charge in [-0.1, -0.05) is 13.8 Å². The average molecular weight is 244 g/mol. The molecule has 100 valence electrons. The van der Waals surface area contributed by atoms with E-state index >= 15 is 0 Å². The number of methoxy groups -OCH3 is 1. The molecule has 0 heterocycles. The van der Waals surface area contributed by atoms with Crippen LogP contribution in [-0.2, 0) is 14.3 Å². The van der Waals surface area contributed by atoms with Crippen LogP contribution in [0.5, 0.6) is 0 Å². The van der Waals surface area contributed by atoms with Gasteiger partial charge in [0.2, 0.25) is 5.91 Å². The van der Waals surface area contributed by atoms with E-state index in [9.17, 15) is 9.59 Å². The molecule has 0 aromatic rings. The lowest BCUT2D eigenvalue weighted by Crippen LogP contribution is -2.40. The zero-order valence-electron chi connectivity index (χ0n) is 11.2. The van der Waals surface area contributed by atoms with E-state index in [0.717, 1.165) is 6.42 Å². The van der Waals surface area contributed by atoms with E-state index in [1.54, 1.807) is 6.92 Å². The molecular formula is C12H24N2O3. The van der Waals surface area contributed by atoms with E-state index in [0.29, 0.717) is 18.9 Å². The van der Waals surface area contributed by atoms with E-state index in [4.69, 9.17) is 5.73 Å². The molecule has 0 fully saturated rings. The van der Waals surface area contributed by atoms with Crippen LogP contribution in [0.4, 0.5) is 0 Å². The Balaban J connectivity index is 4.10. The molecule has 0 saturated heterocycles. The normalized spacial score (nSPS) is 14.2. The monoisotopic (exact) mass is 244 g/mol. The highest BCUT2D eigenvalue weighted by Gasteiger charge is 2.19. The van der Waals surface area contributed by atoms with Gasteiger partial charge in [-0.05, 0) is 31.7 Å². The first-order chi connectivity index (χ1) is 7.90. The lowest BCUT2D eigenvalue weighted by Gasteiger charge is -2.18. The summed E-state index contributed by atoms with van der Waals surface area (Å²) in [6.07, 6.45) is 1.27. The standard InChI is InChI=1S/C12H24N2O3/c1-8(2)5-10(7-13)6-11(15)14-9(3)12(16)17-4/h8-10H,5-7,13H2,1-4H3,(H,14,15)/t9-,10?/m0/s1. The molecule has 0 spiro atoms. The molecule has 0 aromatic carbocycles. The molecule has 17 heavy (non-hydrogen) atoms. The first-order valence-corrected chi connectivity index (χ1v) is 5.97. The summed E-state index contributed by atoms with van der Waals surface area (Å²) in [4.78, 5) is 22.8. The number of nitrogens with two attached hydrogens (primary N) is 1. The number of esters is 1. The second kappa shape index (κ2) is 8.06. The van der Waals surface area contributed by atoms with Crippen LogP contribution in [0.25, 0.3) is 0 Å². The van der Waals surface area contributed by atoms with Crippen LogP contribution in [-0.4, -0.2) is 31.6 Å². The maximum absolute atomic E-state index is 11.7. The van der Waals surface area contributed by atoms with Crippen molar-refractivity contribution >= 4 is 11.9 Å². The molecule has 5 heteroatoms. The Morgan fingerprint density at radius 3 is 2.29 bits per heavy atom. The number of carbonyl (C=O) groups excluding carboxylic acids is 2. The van der Waals surface area contributed by atoms with Crippen molar-refractivity contribution in [3.63, 3.8) is 0 Å². The molecule has 0 aliphatic carbocycles. The highest BCUT2D eigenvalue weighted by atomic mass is 16.5. The van der Waals surface area contributed by atoms with Crippen molar-refractivity contribution in [1.29, 1.82) is 0 Å². The number of nitrogens with one attached hydrogen (secondary N) is 1. The Morgan fingerprint density at radius 1 is 1.29 bits per heavy atom. The molecule has 0 aliphatic heterocycles. The fourth-order valence-corrected chi connectivity index (χ4v) is 1.73. The number of amides is 1. The molecule has 0 aromatic heterocycles. The predicted octanol–water partition coefficient (Wildman–Crippen LogP) is 0.675. The summed E-state index contributed by atoms with van der Waals surface area (Å²) in [5, 5.41) is 2.60. The molecule has 2 atom stereocenters. The van der Waals surface area contributed by atoms with Crippen molar-refractivity contribution in [3.05, 3.63) is 0 Å².